The summed E-state index contributed by atoms with van der Waals surface area (Å²) in [5.74, 6) is 0.0486. The summed E-state index contributed by atoms with van der Waals surface area (Å²) in [6.07, 6.45) is 1.72. The number of carbonyl (C=O) groups excluding carboxylic acids is 1. The average Bonchev–Trinajstić information content (AvgIpc) is 2.13. The van der Waals surface area contributed by atoms with E-state index in [-0.39, 0.29) is 5.92 Å². The highest BCUT2D eigenvalue weighted by atomic mass is 16.7. The van der Waals surface area contributed by atoms with Gasteiger partial charge in [-0.05, 0) is 6.42 Å². The Morgan fingerprint density at radius 2 is 2.33 bits per heavy atom. The fraction of sp³-hybridized carbons (Fsp3) is 0.833. The smallest absolute Gasteiger partial charge is 0.146 e. The molecule has 0 unspecified atom stereocenters. The third-order valence-electron chi connectivity index (χ3n) is 1.32. The van der Waals surface area contributed by atoms with E-state index < -0.39 is 0 Å². The van der Waals surface area contributed by atoms with Gasteiger partial charge in [-0.15, -0.1) is 0 Å². The third kappa shape index (κ3) is 2.11. The van der Waals surface area contributed by atoms with Gasteiger partial charge in [-0.1, -0.05) is 0 Å². The van der Waals surface area contributed by atoms with Crippen molar-refractivity contribution in [2.45, 2.75) is 6.42 Å². The van der Waals surface area contributed by atoms with E-state index in [0.29, 0.717) is 20.0 Å². The monoisotopic (exact) mass is 130 g/mol. The van der Waals surface area contributed by atoms with E-state index in [1.54, 1.807) is 0 Å². The second-order valence-electron chi connectivity index (χ2n) is 2.08. The minimum atomic E-state index is 0.0486. The summed E-state index contributed by atoms with van der Waals surface area (Å²) in [5.41, 5.74) is 0. The Morgan fingerprint density at radius 1 is 1.44 bits per heavy atom. The van der Waals surface area contributed by atoms with Crippen LogP contribution in [-0.4, -0.2) is 26.3 Å². The molecule has 3 heteroatoms. The van der Waals surface area contributed by atoms with Crippen molar-refractivity contribution in [3.8, 4) is 0 Å². The molecular weight excluding hydrogens is 120 g/mol. The van der Waals surface area contributed by atoms with Crippen molar-refractivity contribution in [2.24, 2.45) is 5.92 Å². The molecule has 1 heterocycles. The van der Waals surface area contributed by atoms with Crippen molar-refractivity contribution >= 4 is 6.29 Å². The Bertz CT molecular complexity index is 84.3. The van der Waals surface area contributed by atoms with Crippen molar-refractivity contribution in [2.75, 3.05) is 20.0 Å². The van der Waals surface area contributed by atoms with E-state index in [1.807, 2.05) is 0 Å². The molecule has 3 nitrogen and oxygen atoms in total. The van der Waals surface area contributed by atoms with Crippen LogP contribution in [0.1, 0.15) is 6.42 Å². The summed E-state index contributed by atoms with van der Waals surface area (Å²) in [5, 5.41) is 0. The second kappa shape index (κ2) is 3.58. The molecule has 1 fully saturated rings. The highest BCUT2D eigenvalue weighted by Gasteiger charge is 2.10. The van der Waals surface area contributed by atoms with Crippen LogP contribution in [0.2, 0.25) is 0 Å². The quantitative estimate of drug-likeness (QED) is 0.475. The maximum absolute atomic E-state index is 10.2. The normalized spacial score (nSPS) is 29.1. The summed E-state index contributed by atoms with van der Waals surface area (Å²) in [4.78, 5) is 10.2. The van der Waals surface area contributed by atoms with E-state index in [2.05, 4.69) is 0 Å². The Balaban J connectivity index is 2.26. The number of rotatable bonds is 1. The summed E-state index contributed by atoms with van der Waals surface area (Å²) >= 11 is 0. The molecule has 0 saturated carbocycles. The van der Waals surface area contributed by atoms with Crippen LogP contribution in [-0.2, 0) is 14.3 Å². The lowest BCUT2D eigenvalue weighted by molar-refractivity contribution is -0.112. The van der Waals surface area contributed by atoms with Gasteiger partial charge in [0.15, 0.2) is 0 Å². The van der Waals surface area contributed by atoms with Gasteiger partial charge in [-0.2, -0.15) is 0 Å². The topological polar surface area (TPSA) is 35.5 Å². The molecule has 0 N–H and O–H groups in total. The molecule has 1 rings (SSSR count). The molecule has 0 radical (unpaired) electrons. The fourth-order valence-corrected chi connectivity index (χ4v) is 0.743. The van der Waals surface area contributed by atoms with Crippen LogP contribution in [0.4, 0.5) is 0 Å². The highest BCUT2D eigenvalue weighted by Crippen LogP contribution is 2.04. The molecule has 52 valence electrons. The Kier molecular flexibility index (Phi) is 2.67. The zero-order valence-corrected chi connectivity index (χ0v) is 5.21. The predicted octanol–water partition coefficient (Wildman–Crippen LogP) is 0.196. The van der Waals surface area contributed by atoms with Crippen molar-refractivity contribution in [1.82, 2.24) is 0 Å². The molecule has 0 aromatic heterocycles. The van der Waals surface area contributed by atoms with Gasteiger partial charge in [0, 0.05) is 5.92 Å². The maximum atomic E-state index is 10.2. The van der Waals surface area contributed by atoms with Crippen LogP contribution in [0, 0.1) is 5.92 Å². The lowest BCUT2D eigenvalue weighted by Crippen LogP contribution is -2.08. The van der Waals surface area contributed by atoms with Crippen molar-refractivity contribution < 1.29 is 14.3 Å². The van der Waals surface area contributed by atoms with Gasteiger partial charge in [0.2, 0.25) is 0 Å². The van der Waals surface area contributed by atoms with E-state index in [4.69, 9.17) is 9.47 Å². The molecule has 1 aliphatic rings. The summed E-state index contributed by atoms with van der Waals surface area (Å²) < 4.78 is 9.89. The number of aldehydes is 1. The van der Waals surface area contributed by atoms with E-state index in [9.17, 15) is 4.79 Å². The van der Waals surface area contributed by atoms with E-state index in [1.165, 1.54) is 0 Å². The van der Waals surface area contributed by atoms with Crippen molar-refractivity contribution in [3.05, 3.63) is 0 Å². The van der Waals surface area contributed by atoms with Crippen LogP contribution in [0.3, 0.4) is 0 Å². The van der Waals surface area contributed by atoms with Crippen LogP contribution in [0.5, 0.6) is 0 Å². The Morgan fingerprint density at radius 3 is 3.11 bits per heavy atom. The first-order valence-corrected chi connectivity index (χ1v) is 3.04. The summed E-state index contributed by atoms with van der Waals surface area (Å²) in [7, 11) is 0. The lowest BCUT2D eigenvalue weighted by atomic mass is 10.1. The van der Waals surface area contributed by atoms with Crippen LogP contribution < -0.4 is 0 Å². The standard InChI is InChI=1S/C6H10O3/c7-3-6-1-2-8-5-9-4-6/h3,6H,1-2,4-5H2/t6-/m0/s1. The zero-order valence-electron chi connectivity index (χ0n) is 5.21. The van der Waals surface area contributed by atoms with Gasteiger partial charge in [0.25, 0.3) is 0 Å². The number of ether oxygens (including phenoxy) is 2. The first kappa shape index (κ1) is 6.71. The lowest BCUT2D eigenvalue weighted by Gasteiger charge is -2.00. The third-order valence-corrected chi connectivity index (χ3v) is 1.32. The summed E-state index contributed by atoms with van der Waals surface area (Å²) in [6.45, 7) is 1.50. The Hall–Kier alpha value is -0.410. The van der Waals surface area contributed by atoms with Crippen molar-refractivity contribution in [3.63, 3.8) is 0 Å². The van der Waals surface area contributed by atoms with Gasteiger partial charge in [-0.25, -0.2) is 0 Å². The first-order valence-electron chi connectivity index (χ1n) is 3.04. The molecule has 0 amide bonds. The van der Waals surface area contributed by atoms with Gasteiger partial charge < -0.3 is 14.3 Å². The molecular formula is C6H10O3. The molecule has 0 aromatic carbocycles. The fourth-order valence-electron chi connectivity index (χ4n) is 0.743. The van der Waals surface area contributed by atoms with Gasteiger partial charge in [0.05, 0.1) is 13.2 Å². The number of hydrogen-bond donors (Lipinski definition) is 0. The number of hydrogen-bond acceptors (Lipinski definition) is 3. The molecule has 1 atom stereocenters. The molecule has 0 aliphatic carbocycles. The summed E-state index contributed by atoms with van der Waals surface area (Å²) in [6, 6.07) is 0. The highest BCUT2D eigenvalue weighted by molar-refractivity contribution is 5.53. The molecule has 1 saturated heterocycles. The Labute approximate surface area is 53.9 Å². The predicted molar refractivity (Wildman–Crippen MR) is 30.9 cm³/mol. The van der Waals surface area contributed by atoms with Crippen LogP contribution in [0.25, 0.3) is 0 Å². The maximum Gasteiger partial charge on any atom is 0.146 e. The molecule has 0 spiro atoms. The van der Waals surface area contributed by atoms with Crippen LogP contribution >= 0.6 is 0 Å². The SMILES string of the molecule is O=C[C@@H]1CCOCOC1. The zero-order chi connectivity index (χ0) is 6.53. The number of carbonyl (C=O) groups is 1. The first-order chi connectivity index (χ1) is 4.43. The molecule has 0 bridgehead atoms. The van der Waals surface area contributed by atoms with Gasteiger partial charge in [0.1, 0.15) is 13.1 Å². The largest absolute Gasteiger partial charge is 0.355 e. The second-order valence-corrected chi connectivity index (χ2v) is 2.08. The average molecular weight is 130 g/mol. The minimum Gasteiger partial charge on any atom is -0.355 e. The van der Waals surface area contributed by atoms with Gasteiger partial charge in [-0.3, -0.25) is 0 Å². The van der Waals surface area contributed by atoms with E-state index >= 15 is 0 Å². The minimum absolute atomic E-state index is 0.0486. The van der Waals surface area contributed by atoms with Gasteiger partial charge >= 0.3 is 0 Å². The molecule has 1 aliphatic heterocycles. The molecule has 0 aromatic rings. The molecule has 9 heavy (non-hydrogen) atoms. The van der Waals surface area contributed by atoms with Crippen molar-refractivity contribution in [1.29, 1.82) is 0 Å². The van der Waals surface area contributed by atoms with Crippen LogP contribution in [0.15, 0.2) is 0 Å². The van der Waals surface area contributed by atoms with E-state index in [0.717, 1.165) is 12.7 Å².